The topological polar surface area (TPSA) is 90.3 Å². The van der Waals surface area contributed by atoms with E-state index in [0.29, 0.717) is 10.3 Å². The van der Waals surface area contributed by atoms with Crippen molar-refractivity contribution in [3.63, 3.8) is 0 Å². The van der Waals surface area contributed by atoms with Crippen LogP contribution in [0.2, 0.25) is 5.02 Å². The van der Waals surface area contributed by atoms with Crippen LogP contribution in [0.1, 0.15) is 30.9 Å². The number of anilines is 1. The molecule has 0 aromatic heterocycles. The Bertz CT molecular complexity index is 1010. The number of carbonyl (C=O) groups is 2. The predicted octanol–water partition coefficient (Wildman–Crippen LogP) is 3.90. The number of halogens is 2. The van der Waals surface area contributed by atoms with Crippen molar-refractivity contribution in [2.24, 2.45) is 0 Å². The SMILES string of the molecule is O=C(O)C[C@H]1OC[C@@H](c2ccc(Cl)cc2)N([C@@H](CO)CN(SC2CC2)c2ccc(F)cc2)C1=O. The van der Waals surface area contributed by atoms with Crippen molar-refractivity contribution in [2.75, 3.05) is 24.1 Å². The maximum atomic E-state index is 13.5. The largest absolute Gasteiger partial charge is 0.481 e. The highest BCUT2D eigenvalue weighted by molar-refractivity contribution is 8.01. The van der Waals surface area contributed by atoms with E-state index in [4.69, 9.17) is 16.3 Å². The summed E-state index contributed by atoms with van der Waals surface area (Å²) in [6.07, 6.45) is 0.540. The lowest BCUT2D eigenvalue weighted by atomic mass is 9.99. The Labute approximate surface area is 206 Å². The molecule has 1 amide bonds. The highest BCUT2D eigenvalue weighted by atomic mass is 35.5. The highest BCUT2D eigenvalue weighted by Gasteiger charge is 2.42. The van der Waals surface area contributed by atoms with E-state index in [-0.39, 0.29) is 25.6 Å². The molecule has 0 bridgehead atoms. The van der Waals surface area contributed by atoms with Gasteiger partial charge in [0.15, 0.2) is 0 Å². The Kier molecular flexibility index (Phi) is 7.98. The zero-order valence-electron chi connectivity index (χ0n) is 18.3. The van der Waals surface area contributed by atoms with Gasteiger partial charge in [0.25, 0.3) is 5.91 Å². The second-order valence-electron chi connectivity index (χ2n) is 8.41. The number of rotatable bonds is 10. The fraction of sp³-hybridized carbons (Fsp3) is 0.417. The van der Waals surface area contributed by atoms with E-state index in [1.165, 1.54) is 12.1 Å². The smallest absolute Gasteiger partial charge is 0.306 e. The first-order valence-corrected chi connectivity index (χ1v) is 12.3. The first-order chi connectivity index (χ1) is 16.4. The summed E-state index contributed by atoms with van der Waals surface area (Å²) >= 11 is 7.64. The van der Waals surface area contributed by atoms with Crippen molar-refractivity contribution in [3.05, 3.63) is 64.9 Å². The minimum atomic E-state index is -1.14. The van der Waals surface area contributed by atoms with E-state index in [1.807, 2.05) is 4.31 Å². The summed E-state index contributed by atoms with van der Waals surface area (Å²) in [6, 6.07) is 11.9. The molecule has 1 saturated heterocycles. The van der Waals surface area contributed by atoms with Gasteiger partial charge < -0.3 is 24.2 Å². The molecular formula is C24H26ClFN2O5S. The van der Waals surface area contributed by atoms with Crippen molar-refractivity contribution < 1.29 is 28.9 Å². The van der Waals surface area contributed by atoms with Crippen LogP contribution in [0.4, 0.5) is 10.1 Å². The van der Waals surface area contributed by atoms with Crippen LogP contribution in [-0.2, 0) is 14.3 Å². The van der Waals surface area contributed by atoms with Crippen molar-refractivity contribution in [3.8, 4) is 0 Å². The summed E-state index contributed by atoms with van der Waals surface area (Å²) in [5.41, 5.74) is 1.54. The van der Waals surface area contributed by atoms with Gasteiger partial charge in [0.2, 0.25) is 0 Å². The molecule has 7 nitrogen and oxygen atoms in total. The standard InChI is InChI=1S/C24H26ClFN2O5S/c25-16-3-1-15(2-4-16)21-14-33-22(11-23(30)31)24(32)28(21)19(13-29)12-27(34-20-9-10-20)18-7-5-17(26)6-8-18/h1-8,19-22,29H,9-14H2,(H,30,31)/t19-,21+,22-/m1/s1. The average molecular weight is 509 g/mol. The van der Waals surface area contributed by atoms with Crippen LogP contribution in [0.3, 0.4) is 0 Å². The predicted molar refractivity (Wildman–Crippen MR) is 128 cm³/mol. The molecule has 1 heterocycles. The number of aliphatic carboxylic acids is 1. The lowest BCUT2D eigenvalue weighted by Crippen LogP contribution is -2.57. The lowest BCUT2D eigenvalue weighted by molar-refractivity contribution is -0.169. The van der Waals surface area contributed by atoms with Crippen molar-refractivity contribution >= 4 is 41.1 Å². The van der Waals surface area contributed by atoms with Crippen LogP contribution in [0, 0.1) is 5.82 Å². The molecule has 0 spiro atoms. The number of nitrogens with zero attached hydrogens (tertiary/aromatic N) is 2. The number of aliphatic hydroxyl groups excluding tert-OH is 1. The molecule has 2 aromatic carbocycles. The van der Waals surface area contributed by atoms with E-state index in [2.05, 4.69) is 0 Å². The number of morpholine rings is 1. The molecule has 34 heavy (non-hydrogen) atoms. The molecule has 2 aromatic rings. The quantitative estimate of drug-likeness (QED) is 0.470. The zero-order chi connectivity index (χ0) is 24.2. The van der Waals surface area contributed by atoms with Crippen molar-refractivity contribution in [1.29, 1.82) is 0 Å². The molecule has 3 atom stereocenters. The van der Waals surface area contributed by atoms with Crippen LogP contribution in [0.5, 0.6) is 0 Å². The first-order valence-electron chi connectivity index (χ1n) is 11.1. The number of carboxylic acids is 1. The van der Waals surface area contributed by atoms with Crippen LogP contribution < -0.4 is 4.31 Å². The molecule has 182 valence electrons. The number of benzene rings is 2. The molecular weight excluding hydrogens is 483 g/mol. The summed E-state index contributed by atoms with van der Waals surface area (Å²) in [4.78, 5) is 26.3. The van der Waals surface area contributed by atoms with Crippen LogP contribution in [-0.4, -0.2) is 64.1 Å². The maximum Gasteiger partial charge on any atom is 0.306 e. The van der Waals surface area contributed by atoms with Crippen LogP contribution in [0.15, 0.2) is 48.5 Å². The van der Waals surface area contributed by atoms with Gasteiger partial charge in [0.1, 0.15) is 11.9 Å². The molecule has 2 fully saturated rings. The van der Waals surface area contributed by atoms with Gasteiger partial charge in [-0.3, -0.25) is 9.59 Å². The molecule has 1 saturated carbocycles. The zero-order valence-corrected chi connectivity index (χ0v) is 19.9. The minimum Gasteiger partial charge on any atom is -0.481 e. The summed E-state index contributed by atoms with van der Waals surface area (Å²) < 4.78 is 21.2. The highest BCUT2D eigenvalue weighted by Crippen LogP contribution is 2.40. The molecule has 1 aliphatic heterocycles. The van der Waals surface area contributed by atoms with Crippen LogP contribution >= 0.6 is 23.5 Å². The third-order valence-electron chi connectivity index (χ3n) is 5.83. The number of carbonyl (C=O) groups excluding carboxylic acids is 1. The van der Waals surface area contributed by atoms with Gasteiger partial charge in [-0.05, 0) is 66.8 Å². The fourth-order valence-electron chi connectivity index (χ4n) is 3.95. The Morgan fingerprint density at radius 2 is 1.88 bits per heavy atom. The molecule has 2 N–H and O–H groups in total. The van der Waals surface area contributed by atoms with Gasteiger partial charge in [0, 0.05) is 16.0 Å². The van der Waals surface area contributed by atoms with Gasteiger partial charge in [-0.15, -0.1) is 0 Å². The molecule has 2 aliphatic rings. The third kappa shape index (κ3) is 6.02. The molecule has 0 radical (unpaired) electrons. The van der Waals surface area contributed by atoms with Crippen molar-refractivity contribution in [2.45, 2.75) is 42.7 Å². The van der Waals surface area contributed by atoms with Gasteiger partial charge in [-0.25, -0.2) is 4.39 Å². The Morgan fingerprint density at radius 1 is 1.21 bits per heavy atom. The van der Waals surface area contributed by atoms with Gasteiger partial charge >= 0.3 is 5.97 Å². The maximum absolute atomic E-state index is 13.5. The van der Waals surface area contributed by atoms with E-state index < -0.39 is 36.5 Å². The van der Waals surface area contributed by atoms with E-state index >= 15 is 0 Å². The Hall–Kier alpha value is -2.33. The number of amides is 1. The first kappa shape index (κ1) is 24.8. The second kappa shape index (κ2) is 10.9. The summed E-state index contributed by atoms with van der Waals surface area (Å²) in [7, 11) is 0. The minimum absolute atomic E-state index is 0.0914. The number of carboxylic acid groups (broad SMARTS) is 1. The van der Waals surface area contributed by atoms with Crippen LogP contribution in [0.25, 0.3) is 0 Å². The molecule has 4 rings (SSSR count). The third-order valence-corrected chi connectivity index (χ3v) is 7.47. The summed E-state index contributed by atoms with van der Waals surface area (Å²) in [5.74, 6) is -1.97. The monoisotopic (exact) mass is 508 g/mol. The number of hydrogen-bond donors (Lipinski definition) is 2. The number of hydrogen-bond acceptors (Lipinski definition) is 6. The Morgan fingerprint density at radius 3 is 2.47 bits per heavy atom. The summed E-state index contributed by atoms with van der Waals surface area (Å²) in [5, 5.41) is 20.6. The van der Waals surface area contributed by atoms with Crippen molar-refractivity contribution in [1.82, 2.24) is 4.90 Å². The van der Waals surface area contributed by atoms with E-state index in [0.717, 1.165) is 24.1 Å². The molecule has 0 unspecified atom stereocenters. The van der Waals surface area contributed by atoms with Gasteiger partial charge in [0.05, 0.1) is 38.3 Å². The number of aliphatic hydroxyl groups is 1. The van der Waals surface area contributed by atoms with E-state index in [9.17, 15) is 24.2 Å². The molecule has 1 aliphatic carbocycles. The Balaban J connectivity index is 1.64. The summed E-state index contributed by atoms with van der Waals surface area (Å²) in [6.45, 7) is 0.0333. The second-order valence-corrected chi connectivity index (χ2v) is 10.2. The molecule has 10 heteroatoms. The normalized spacial score (nSPS) is 21.4. The van der Waals surface area contributed by atoms with E-state index in [1.54, 1.807) is 53.2 Å². The fourth-order valence-corrected chi connectivity index (χ4v) is 5.29. The van der Waals surface area contributed by atoms with Gasteiger partial charge in [-0.2, -0.15) is 0 Å². The number of ether oxygens (including phenoxy) is 1. The lowest BCUT2D eigenvalue weighted by Gasteiger charge is -2.44. The average Bonchev–Trinajstić information content (AvgIpc) is 3.63. The van der Waals surface area contributed by atoms with Gasteiger partial charge in [-0.1, -0.05) is 23.7 Å².